The summed E-state index contributed by atoms with van der Waals surface area (Å²) in [6.07, 6.45) is 1.53. The second kappa shape index (κ2) is 3.53. The van der Waals surface area contributed by atoms with E-state index in [0.717, 1.165) is 4.47 Å². The van der Waals surface area contributed by atoms with Crippen molar-refractivity contribution in [2.24, 2.45) is 0 Å². The van der Waals surface area contributed by atoms with Crippen LogP contribution in [0.25, 0.3) is 15.5 Å². The molecule has 0 aliphatic heterocycles. The fourth-order valence-electron chi connectivity index (χ4n) is 1.35. The highest BCUT2D eigenvalue weighted by molar-refractivity contribution is 9.10. The van der Waals surface area contributed by atoms with Gasteiger partial charge in [0.2, 0.25) is 4.96 Å². The number of hydrogen-bond donors (Lipinski definition) is 1. The van der Waals surface area contributed by atoms with Gasteiger partial charge in [0.1, 0.15) is 12.1 Å². The molecule has 0 atom stereocenters. The Labute approximate surface area is 103 Å². The average Bonchev–Trinajstić information content (AvgIpc) is 2.81. The summed E-state index contributed by atoms with van der Waals surface area (Å²) in [6.45, 7) is 0. The lowest BCUT2D eigenvalue weighted by atomic mass is 10.2. The highest BCUT2D eigenvalue weighted by atomic mass is 79.9. The maximum absolute atomic E-state index is 9.75. The predicted molar refractivity (Wildman–Crippen MR) is 63.5 cm³/mol. The van der Waals surface area contributed by atoms with Gasteiger partial charge in [0.05, 0.1) is 5.56 Å². The first-order chi connectivity index (χ1) is 7.74. The first-order valence-electron chi connectivity index (χ1n) is 4.40. The fourth-order valence-corrected chi connectivity index (χ4v) is 2.55. The summed E-state index contributed by atoms with van der Waals surface area (Å²) in [5, 5.41) is 22.4. The molecule has 0 aliphatic carbocycles. The molecular weight excluding hydrogens is 292 g/mol. The number of nitrogens with zero attached hydrogens (tertiary/aromatic N) is 4. The summed E-state index contributed by atoms with van der Waals surface area (Å²) < 4.78 is 2.48. The van der Waals surface area contributed by atoms with Gasteiger partial charge in [-0.25, -0.2) is 0 Å². The quantitative estimate of drug-likeness (QED) is 0.748. The van der Waals surface area contributed by atoms with Crippen molar-refractivity contribution in [1.82, 2.24) is 19.8 Å². The number of fused-ring (bicyclic) bond motifs is 1. The smallest absolute Gasteiger partial charge is 0.234 e. The first kappa shape index (κ1) is 9.73. The predicted octanol–water partition coefficient (Wildman–Crippen LogP) is 2.32. The topological polar surface area (TPSA) is 63.3 Å². The number of aromatic nitrogens is 4. The lowest BCUT2D eigenvalue weighted by molar-refractivity contribution is 0.477. The molecule has 2 aromatic heterocycles. The monoisotopic (exact) mass is 296 g/mol. The number of hydrogen-bond acceptors (Lipinski definition) is 5. The van der Waals surface area contributed by atoms with E-state index < -0.39 is 0 Å². The van der Waals surface area contributed by atoms with Gasteiger partial charge in [0.15, 0.2) is 5.01 Å². The molecule has 0 radical (unpaired) electrons. The van der Waals surface area contributed by atoms with Crippen molar-refractivity contribution in [2.45, 2.75) is 0 Å². The molecule has 0 amide bonds. The normalized spacial score (nSPS) is 11.1. The SMILES string of the molecule is Oc1ccc(Br)cc1-c1nn2cnnc2s1. The molecule has 7 heteroatoms. The van der Waals surface area contributed by atoms with Gasteiger partial charge in [-0.05, 0) is 18.2 Å². The summed E-state index contributed by atoms with van der Waals surface area (Å²) in [4.78, 5) is 0.703. The Hall–Kier alpha value is -1.47. The van der Waals surface area contributed by atoms with E-state index in [1.54, 1.807) is 16.6 Å². The molecule has 0 fully saturated rings. The van der Waals surface area contributed by atoms with Crippen molar-refractivity contribution in [3.05, 3.63) is 29.0 Å². The Morgan fingerprint density at radius 1 is 1.38 bits per heavy atom. The van der Waals surface area contributed by atoms with E-state index in [1.807, 2.05) is 6.07 Å². The van der Waals surface area contributed by atoms with Crippen LogP contribution in [0.3, 0.4) is 0 Å². The van der Waals surface area contributed by atoms with Crippen molar-refractivity contribution < 1.29 is 5.11 Å². The van der Waals surface area contributed by atoms with E-state index in [1.165, 1.54) is 17.7 Å². The van der Waals surface area contributed by atoms with Gasteiger partial charge in [0.25, 0.3) is 0 Å². The standard InChI is InChI=1S/C9H5BrN4OS/c10-5-1-2-7(15)6(3-5)8-13-14-4-11-12-9(14)16-8/h1-4,15H. The third-order valence-electron chi connectivity index (χ3n) is 2.08. The fraction of sp³-hybridized carbons (Fsp3) is 0. The minimum absolute atomic E-state index is 0.202. The van der Waals surface area contributed by atoms with Crippen LogP contribution in [0.5, 0.6) is 5.75 Å². The molecule has 1 aromatic carbocycles. The number of phenols is 1. The largest absolute Gasteiger partial charge is 0.507 e. The lowest BCUT2D eigenvalue weighted by Crippen LogP contribution is -1.83. The minimum atomic E-state index is 0.202. The molecule has 0 bridgehead atoms. The maximum Gasteiger partial charge on any atom is 0.234 e. The molecular formula is C9H5BrN4OS. The van der Waals surface area contributed by atoms with Crippen molar-refractivity contribution in [3.8, 4) is 16.3 Å². The Morgan fingerprint density at radius 3 is 3.06 bits per heavy atom. The van der Waals surface area contributed by atoms with E-state index in [-0.39, 0.29) is 5.75 Å². The molecule has 0 saturated heterocycles. The molecule has 16 heavy (non-hydrogen) atoms. The summed E-state index contributed by atoms with van der Waals surface area (Å²) in [7, 11) is 0. The summed E-state index contributed by atoms with van der Waals surface area (Å²) in [5.41, 5.74) is 0.685. The Kier molecular flexibility index (Phi) is 2.15. The lowest BCUT2D eigenvalue weighted by Gasteiger charge is -2.00. The molecule has 0 aliphatic rings. The van der Waals surface area contributed by atoms with Gasteiger partial charge < -0.3 is 5.11 Å². The van der Waals surface area contributed by atoms with Gasteiger partial charge >= 0.3 is 0 Å². The van der Waals surface area contributed by atoms with E-state index in [9.17, 15) is 5.11 Å². The second-order valence-electron chi connectivity index (χ2n) is 3.13. The molecule has 5 nitrogen and oxygen atoms in total. The van der Waals surface area contributed by atoms with Crippen LogP contribution < -0.4 is 0 Å². The summed E-state index contributed by atoms with van der Waals surface area (Å²) in [6, 6.07) is 5.22. The molecule has 80 valence electrons. The first-order valence-corrected chi connectivity index (χ1v) is 6.01. The Bertz CT molecular complexity index is 634. The minimum Gasteiger partial charge on any atom is -0.507 e. The van der Waals surface area contributed by atoms with Crippen LogP contribution in [0.2, 0.25) is 0 Å². The highest BCUT2D eigenvalue weighted by Gasteiger charge is 2.11. The van der Waals surface area contributed by atoms with E-state index in [4.69, 9.17) is 0 Å². The molecule has 0 unspecified atom stereocenters. The molecule has 0 spiro atoms. The molecule has 0 saturated carbocycles. The number of aromatic hydroxyl groups is 1. The van der Waals surface area contributed by atoms with Gasteiger partial charge in [-0.1, -0.05) is 27.3 Å². The zero-order chi connectivity index (χ0) is 11.1. The number of halogens is 1. The average molecular weight is 297 g/mol. The number of phenolic OH excluding ortho intramolecular Hbond substituents is 1. The van der Waals surface area contributed by atoms with Gasteiger partial charge in [0, 0.05) is 4.47 Å². The highest BCUT2D eigenvalue weighted by Crippen LogP contribution is 2.33. The van der Waals surface area contributed by atoms with Crippen molar-refractivity contribution >= 4 is 32.2 Å². The van der Waals surface area contributed by atoms with Crippen molar-refractivity contribution in [2.75, 3.05) is 0 Å². The van der Waals surface area contributed by atoms with Crippen molar-refractivity contribution in [3.63, 3.8) is 0 Å². The Morgan fingerprint density at radius 2 is 2.25 bits per heavy atom. The molecule has 2 heterocycles. The summed E-state index contributed by atoms with van der Waals surface area (Å²) >= 11 is 4.74. The Balaban J connectivity index is 2.22. The van der Waals surface area contributed by atoms with E-state index in [2.05, 4.69) is 31.2 Å². The van der Waals surface area contributed by atoms with E-state index >= 15 is 0 Å². The van der Waals surface area contributed by atoms with Crippen LogP contribution in [0.1, 0.15) is 0 Å². The maximum atomic E-state index is 9.75. The molecule has 3 rings (SSSR count). The van der Waals surface area contributed by atoms with Crippen LogP contribution in [-0.4, -0.2) is 24.9 Å². The number of rotatable bonds is 1. The van der Waals surface area contributed by atoms with Gasteiger partial charge in [-0.3, -0.25) is 0 Å². The summed E-state index contributed by atoms with van der Waals surface area (Å²) in [5.74, 6) is 0.202. The third-order valence-corrected chi connectivity index (χ3v) is 3.52. The van der Waals surface area contributed by atoms with Crippen LogP contribution in [0.4, 0.5) is 0 Å². The van der Waals surface area contributed by atoms with Crippen LogP contribution in [0.15, 0.2) is 29.0 Å². The van der Waals surface area contributed by atoms with Crippen LogP contribution in [0, 0.1) is 0 Å². The van der Waals surface area contributed by atoms with Gasteiger partial charge in [-0.2, -0.15) is 9.61 Å². The second-order valence-corrected chi connectivity index (χ2v) is 5.00. The molecule has 3 aromatic rings. The van der Waals surface area contributed by atoms with Crippen LogP contribution >= 0.6 is 27.3 Å². The molecule has 1 N–H and O–H groups in total. The van der Waals surface area contributed by atoms with Crippen LogP contribution in [-0.2, 0) is 0 Å². The zero-order valence-electron chi connectivity index (χ0n) is 7.83. The zero-order valence-corrected chi connectivity index (χ0v) is 10.2. The number of benzene rings is 1. The van der Waals surface area contributed by atoms with Gasteiger partial charge in [-0.15, -0.1) is 10.2 Å². The van der Waals surface area contributed by atoms with E-state index in [0.29, 0.717) is 15.5 Å². The van der Waals surface area contributed by atoms with Crippen molar-refractivity contribution in [1.29, 1.82) is 0 Å². The third kappa shape index (κ3) is 1.48.